The van der Waals surface area contributed by atoms with E-state index in [1.165, 1.54) is 5.56 Å². The molecule has 0 unspecified atom stereocenters. The van der Waals surface area contributed by atoms with Crippen molar-refractivity contribution in [3.63, 3.8) is 0 Å². The number of carbonyl (C=O) groups excluding carboxylic acids is 1. The molecule has 1 N–H and O–H groups in total. The van der Waals surface area contributed by atoms with Gasteiger partial charge in [-0.2, -0.15) is 0 Å². The van der Waals surface area contributed by atoms with Crippen LogP contribution in [0.2, 0.25) is 15.1 Å². The van der Waals surface area contributed by atoms with Gasteiger partial charge in [0.05, 0.1) is 16.8 Å². The van der Waals surface area contributed by atoms with E-state index in [1.807, 2.05) is 25.1 Å². The average molecular weight is 427 g/mol. The Morgan fingerprint density at radius 3 is 2.33 bits per heavy atom. The number of aryl methyl sites for hydroxylation is 1. The van der Waals surface area contributed by atoms with Crippen molar-refractivity contribution in [3.8, 4) is 0 Å². The van der Waals surface area contributed by atoms with Gasteiger partial charge in [-0.25, -0.2) is 0 Å². The van der Waals surface area contributed by atoms with E-state index >= 15 is 0 Å². The second kappa shape index (κ2) is 8.70. The lowest BCUT2D eigenvalue weighted by atomic mass is 10.1. The molecule has 1 atom stereocenters. The molecule has 7 heteroatoms. The highest BCUT2D eigenvalue weighted by Gasteiger charge is 2.26. The SMILES string of the molecule is Cc1ccc(Cl)cc1N1CCN([C@@H](C)C(=O)Nc2cc(Cl)ccc2Cl)CC1. The van der Waals surface area contributed by atoms with E-state index in [4.69, 9.17) is 34.8 Å². The second-order valence-corrected chi connectivity index (χ2v) is 8.02. The Hall–Kier alpha value is -1.46. The lowest BCUT2D eigenvalue weighted by molar-refractivity contribution is -0.120. The normalized spacial score (nSPS) is 16.3. The maximum atomic E-state index is 12.6. The van der Waals surface area contributed by atoms with Crippen LogP contribution in [0.1, 0.15) is 12.5 Å². The Bertz CT molecular complexity index is 835. The summed E-state index contributed by atoms with van der Waals surface area (Å²) in [5.74, 6) is -0.0912. The van der Waals surface area contributed by atoms with Crippen LogP contribution in [-0.4, -0.2) is 43.0 Å². The van der Waals surface area contributed by atoms with Crippen LogP contribution in [0.25, 0.3) is 0 Å². The summed E-state index contributed by atoms with van der Waals surface area (Å²) in [5.41, 5.74) is 2.90. The molecule has 0 radical (unpaired) electrons. The predicted molar refractivity (Wildman–Crippen MR) is 115 cm³/mol. The minimum atomic E-state index is -0.261. The van der Waals surface area contributed by atoms with E-state index in [9.17, 15) is 4.79 Å². The predicted octanol–water partition coefficient (Wildman–Crippen LogP) is 5.10. The second-order valence-electron chi connectivity index (χ2n) is 6.74. The molecule has 0 spiro atoms. The fourth-order valence-corrected chi connectivity index (χ4v) is 3.77. The lowest BCUT2D eigenvalue weighted by Gasteiger charge is -2.39. The van der Waals surface area contributed by atoms with E-state index in [-0.39, 0.29) is 11.9 Å². The van der Waals surface area contributed by atoms with E-state index < -0.39 is 0 Å². The van der Waals surface area contributed by atoms with Crippen LogP contribution in [0.3, 0.4) is 0 Å². The van der Waals surface area contributed by atoms with Crippen molar-refractivity contribution in [3.05, 3.63) is 57.0 Å². The highest BCUT2D eigenvalue weighted by atomic mass is 35.5. The van der Waals surface area contributed by atoms with Gasteiger partial charge < -0.3 is 10.2 Å². The molecule has 1 aliphatic rings. The molecule has 1 saturated heterocycles. The van der Waals surface area contributed by atoms with Crippen LogP contribution in [0.5, 0.6) is 0 Å². The molecular weight excluding hydrogens is 405 g/mol. The van der Waals surface area contributed by atoms with Gasteiger partial charge in [0.25, 0.3) is 0 Å². The van der Waals surface area contributed by atoms with Crippen molar-refractivity contribution < 1.29 is 4.79 Å². The molecule has 1 aliphatic heterocycles. The summed E-state index contributed by atoms with van der Waals surface area (Å²) in [7, 11) is 0. The molecule has 2 aromatic rings. The topological polar surface area (TPSA) is 35.6 Å². The first-order valence-electron chi connectivity index (χ1n) is 8.86. The van der Waals surface area contributed by atoms with Gasteiger partial charge in [0.1, 0.15) is 0 Å². The van der Waals surface area contributed by atoms with Gasteiger partial charge >= 0.3 is 0 Å². The minimum Gasteiger partial charge on any atom is -0.369 e. The molecule has 0 aromatic heterocycles. The summed E-state index contributed by atoms with van der Waals surface area (Å²) in [4.78, 5) is 17.1. The summed E-state index contributed by atoms with van der Waals surface area (Å²) < 4.78 is 0. The lowest BCUT2D eigenvalue weighted by Crippen LogP contribution is -2.53. The number of amides is 1. The van der Waals surface area contributed by atoms with Crippen LogP contribution in [0.15, 0.2) is 36.4 Å². The van der Waals surface area contributed by atoms with Crippen molar-refractivity contribution in [1.29, 1.82) is 0 Å². The average Bonchev–Trinajstić information content (AvgIpc) is 2.66. The van der Waals surface area contributed by atoms with Gasteiger partial charge in [0, 0.05) is 41.9 Å². The van der Waals surface area contributed by atoms with E-state index in [0.717, 1.165) is 36.9 Å². The van der Waals surface area contributed by atoms with Crippen LogP contribution in [0.4, 0.5) is 11.4 Å². The van der Waals surface area contributed by atoms with E-state index in [1.54, 1.807) is 18.2 Å². The number of hydrogen-bond acceptors (Lipinski definition) is 3. The summed E-state index contributed by atoms with van der Waals surface area (Å²) in [6.45, 7) is 7.28. The third-order valence-corrected chi connectivity index (χ3v) is 5.74. The molecule has 1 amide bonds. The van der Waals surface area contributed by atoms with Crippen LogP contribution in [-0.2, 0) is 4.79 Å². The number of rotatable bonds is 4. The number of nitrogens with one attached hydrogen (secondary N) is 1. The zero-order chi connectivity index (χ0) is 19.6. The Labute approximate surface area is 175 Å². The number of halogens is 3. The summed E-state index contributed by atoms with van der Waals surface area (Å²) in [6, 6.07) is 10.7. The number of nitrogens with zero attached hydrogens (tertiary/aromatic N) is 2. The van der Waals surface area contributed by atoms with Gasteiger partial charge in [0.2, 0.25) is 5.91 Å². The molecule has 3 rings (SSSR count). The number of hydrogen-bond donors (Lipinski definition) is 1. The zero-order valence-electron chi connectivity index (χ0n) is 15.3. The fraction of sp³-hybridized carbons (Fsp3) is 0.350. The van der Waals surface area contributed by atoms with Crippen LogP contribution >= 0.6 is 34.8 Å². The maximum Gasteiger partial charge on any atom is 0.241 e. The Morgan fingerprint density at radius 2 is 1.63 bits per heavy atom. The number of benzene rings is 2. The number of anilines is 2. The standard InChI is InChI=1S/C20H22Cl3N3O/c1-13-3-4-16(22)12-19(13)26-9-7-25(8-10-26)14(2)20(27)24-18-11-15(21)5-6-17(18)23/h3-6,11-12,14H,7-10H2,1-2H3,(H,24,27)/t14-/m0/s1. The fourth-order valence-electron chi connectivity index (χ4n) is 3.27. The Morgan fingerprint density at radius 1 is 1.00 bits per heavy atom. The third-order valence-electron chi connectivity index (χ3n) is 4.94. The quantitative estimate of drug-likeness (QED) is 0.738. The molecule has 2 aromatic carbocycles. The molecule has 0 bridgehead atoms. The monoisotopic (exact) mass is 425 g/mol. The number of carbonyl (C=O) groups is 1. The largest absolute Gasteiger partial charge is 0.369 e. The molecule has 27 heavy (non-hydrogen) atoms. The van der Waals surface area contributed by atoms with Crippen LogP contribution in [0, 0.1) is 6.92 Å². The molecule has 0 aliphatic carbocycles. The van der Waals surface area contributed by atoms with Gasteiger partial charge in [-0.1, -0.05) is 40.9 Å². The Kier molecular flexibility index (Phi) is 6.53. The maximum absolute atomic E-state index is 12.6. The highest BCUT2D eigenvalue weighted by Crippen LogP contribution is 2.27. The summed E-state index contributed by atoms with van der Waals surface area (Å²) >= 11 is 18.3. The number of piperazine rings is 1. The van der Waals surface area contributed by atoms with Gasteiger partial charge in [-0.3, -0.25) is 9.69 Å². The van der Waals surface area contributed by atoms with Gasteiger partial charge in [-0.15, -0.1) is 0 Å². The molecule has 1 fully saturated rings. The van der Waals surface area contributed by atoms with Crippen LogP contribution < -0.4 is 10.2 Å². The first-order valence-corrected chi connectivity index (χ1v) is 9.99. The van der Waals surface area contributed by atoms with Crippen molar-refractivity contribution in [2.45, 2.75) is 19.9 Å². The molecule has 144 valence electrons. The molecule has 0 saturated carbocycles. The van der Waals surface area contributed by atoms with Crippen molar-refractivity contribution >= 4 is 52.1 Å². The molecular formula is C20H22Cl3N3O. The first kappa shape index (κ1) is 20.3. The van der Waals surface area contributed by atoms with Crippen molar-refractivity contribution in [2.24, 2.45) is 0 Å². The molecule has 4 nitrogen and oxygen atoms in total. The summed E-state index contributed by atoms with van der Waals surface area (Å²) in [5, 5.41) is 4.63. The van der Waals surface area contributed by atoms with E-state index in [2.05, 4.69) is 22.0 Å². The first-order chi connectivity index (χ1) is 12.8. The van der Waals surface area contributed by atoms with Gasteiger partial charge in [0.15, 0.2) is 0 Å². The van der Waals surface area contributed by atoms with Crippen molar-refractivity contribution in [1.82, 2.24) is 4.90 Å². The Balaban J connectivity index is 1.61. The highest BCUT2D eigenvalue weighted by molar-refractivity contribution is 6.35. The zero-order valence-corrected chi connectivity index (χ0v) is 17.6. The van der Waals surface area contributed by atoms with Gasteiger partial charge in [-0.05, 0) is 49.7 Å². The van der Waals surface area contributed by atoms with Crippen molar-refractivity contribution in [2.75, 3.05) is 36.4 Å². The van der Waals surface area contributed by atoms with E-state index in [0.29, 0.717) is 15.7 Å². The molecule has 1 heterocycles. The summed E-state index contributed by atoms with van der Waals surface area (Å²) in [6.07, 6.45) is 0. The minimum absolute atomic E-state index is 0.0912. The third kappa shape index (κ3) is 4.88. The smallest absolute Gasteiger partial charge is 0.241 e.